The molecule has 0 radical (unpaired) electrons. The number of para-hydroxylation sites is 1. The fourth-order valence-corrected chi connectivity index (χ4v) is 8.20. The van der Waals surface area contributed by atoms with Gasteiger partial charge in [0, 0.05) is 10.8 Å². The van der Waals surface area contributed by atoms with Crippen LogP contribution in [0, 0.1) is 0 Å². The molecule has 2 fully saturated rings. The maximum atomic E-state index is 12.9. The topological polar surface area (TPSA) is 85.3 Å². The van der Waals surface area contributed by atoms with E-state index in [-0.39, 0.29) is 23.5 Å². The average Bonchev–Trinajstić information content (AvgIpc) is 3.34. The average molecular weight is 485 g/mol. The first-order chi connectivity index (χ1) is 14.3. The summed E-state index contributed by atoms with van der Waals surface area (Å²) in [4.78, 5) is 18.9. The van der Waals surface area contributed by atoms with Gasteiger partial charge in [0.05, 0.1) is 33.3 Å². The number of carbonyl (C=O) groups excluding carboxylic acids is 1. The highest BCUT2D eigenvalue weighted by molar-refractivity contribution is 8.16. The van der Waals surface area contributed by atoms with E-state index in [1.165, 1.54) is 11.8 Å². The van der Waals surface area contributed by atoms with Gasteiger partial charge in [0.1, 0.15) is 0 Å². The summed E-state index contributed by atoms with van der Waals surface area (Å²) < 4.78 is 35.0. The summed E-state index contributed by atoms with van der Waals surface area (Å²) in [5.74, 6) is 0.529. The van der Waals surface area contributed by atoms with Crippen LogP contribution >= 0.6 is 35.0 Å². The molecular formula is C19H14Cl2N2O5S2. The van der Waals surface area contributed by atoms with Crippen LogP contribution in [-0.4, -0.2) is 49.1 Å². The van der Waals surface area contributed by atoms with Gasteiger partial charge in [-0.25, -0.2) is 8.42 Å². The molecule has 0 spiro atoms. The Bertz CT molecular complexity index is 1180. The highest BCUT2D eigenvalue weighted by Crippen LogP contribution is 2.45. The predicted octanol–water partition coefficient (Wildman–Crippen LogP) is 3.64. The van der Waals surface area contributed by atoms with E-state index < -0.39 is 21.8 Å². The highest BCUT2D eigenvalue weighted by Gasteiger charge is 2.50. The summed E-state index contributed by atoms with van der Waals surface area (Å²) in [7, 11) is -3.20. The molecule has 2 aromatic carbocycles. The van der Waals surface area contributed by atoms with E-state index >= 15 is 0 Å². The van der Waals surface area contributed by atoms with Gasteiger partial charge in [-0.2, -0.15) is 4.99 Å². The number of thioether (sulfide) groups is 1. The molecule has 2 saturated heterocycles. The van der Waals surface area contributed by atoms with Gasteiger partial charge in [0.25, 0.3) is 5.91 Å². The quantitative estimate of drug-likeness (QED) is 0.642. The van der Waals surface area contributed by atoms with Gasteiger partial charge in [-0.3, -0.25) is 4.79 Å². The second-order valence-electron chi connectivity index (χ2n) is 7.01. The lowest BCUT2D eigenvalue weighted by atomic mass is 10.2. The number of aliphatic imine (C=N–C) groups is 1. The maximum Gasteiger partial charge on any atom is 0.279 e. The Balaban J connectivity index is 1.55. The molecule has 3 heterocycles. The van der Waals surface area contributed by atoms with Crippen molar-refractivity contribution in [1.82, 2.24) is 0 Å². The van der Waals surface area contributed by atoms with Crippen molar-refractivity contribution in [2.45, 2.75) is 11.3 Å². The monoisotopic (exact) mass is 484 g/mol. The lowest BCUT2D eigenvalue weighted by Gasteiger charge is -2.26. The van der Waals surface area contributed by atoms with Crippen molar-refractivity contribution in [1.29, 1.82) is 0 Å². The standard InChI is InChI=1S/C19H14Cl2N2O5S2/c20-11-2-1-3-12(21)17(11)23-13-7-30(25,26)8-16(13)29-19(23)22-18(24)10-4-5-14-15(6-10)28-9-27-14/h1-6,13,16H,7-9H2/t13-,16+/m0/s1. The van der Waals surface area contributed by atoms with Crippen molar-refractivity contribution in [2.24, 2.45) is 4.99 Å². The molecular weight excluding hydrogens is 471 g/mol. The third kappa shape index (κ3) is 3.43. The van der Waals surface area contributed by atoms with Gasteiger partial charge in [-0.1, -0.05) is 41.0 Å². The van der Waals surface area contributed by atoms with Crippen molar-refractivity contribution in [3.05, 3.63) is 52.0 Å². The van der Waals surface area contributed by atoms with Gasteiger partial charge in [0.2, 0.25) is 6.79 Å². The second-order valence-corrected chi connectivity index (χ2v) is 11.2. The van der Waals surface area contributed by atoms with Crippen molar-refractivity contribution < 1.29 is 22.7 Å². The Morgan fingerprint density at radius 1 is 1.10 bits per heavy atom. The van der Waals surface area contributed by atoms with Crippen LogP contribution in [-0.2, 0) is 9.84 Å². The van der Waals surface area contributed by atoms with Gasteiger partial charge in [-0.05, 0) is 30.3 Å². The largest absolute Gasteiger partial charge is 0.454 e. The summed E-state index contributed by atoms with van der Waals surface area (Å²) in [6.07, 6.45) is 0. The summed E-state index contributed by atoms with van der Waals surface area (Å²) in [6.45, 7) is 0.105. The molecule has 2 atom stereocenters. The van der Waals surface area contributed by atoms with Crippen LogP contribution in [0.1, 0.15) is 10.4 Å². The number of ether oxygens (including phenoxy) is 2. The Morgan fingerprint density at radius 3 is 2.60 bits per heavy atom. The van der Waals surface area contributed by atoms with Crippen LogP contribution in [0.3, 0.4) is 0 Å². The number of rotatable bonds is 2. The zero-order valence-electron chi connectivity index (χ0n) is 15.2. The minimum atomic E-state index is -3.20. The number of sulfone groups is 1. The molecule has 3 aliphatic rings. The molecule has 0 aliphatic carbocycles. The van der Waals surface area contributed by atoms with Crippen LogP contribution in [0.15, 0.2) is 41.4 Å². The molecule has 0 saturated carbocycles. The fraction of sp³-hybridized carbons (Fsp3) is 0.263. The molecule has 1 amide bonds. The molecule has 11 heteroatoms. The van der Waals surface area contributed by atoms with Gasteiger partial charge < -0.3 is 14.4 Å². The number of benzene rings is 2. The van der Waals surface area contributed by atoms with Gasteiger partial charge in [0.15, 0.2) is 26.5 Å². The highest BCUT2D eigenvalue weighted by atomic mass is 35.5. The molecule has 2 aromatic rings. The smallest absolute Gasteiger partial charge is 0.279 e. The molecule has 3 aliphatic heterocycles. The number of halogens is 2. The molecule has 156 valence electrons. The van der Waals surface area contributed by atoms with Crippen molar-refractivity contribution in [3.8, 4) is 11.5 Å². The Labute approximate surface area is 186 Å². The number of amides is 1. The summed E-state index contributed by atoms with van der Waals surface area (Å²) in [5, 5.41) is 0.829. The van der Waals surface area contributed by atoms with Crippen LogP contribution in [0.25, 0.3) is 0 Å². The first-order valence-corrected chi connectivity index (χ1v) is 12.4. The molecule has 0 N–H and O–H groups in total. The Hall–Kier alpha value is -1.94. The predicted molar refractivity (Wildman–Crippen MR) is 117 cm³/mol. The summed E-state index contributed by atoms with van der Waals surface area (Å²) in [6, 6.07) is 9.48. The number of nitrogens with zero attached hydrogens (tertiary/aromatic N) is 2. The SMILES string of the molecule is O=C(N=C1S[C@@H]2CS(=O)(=O)C[C@@H]2N1c1c(Cl)cccc1Cl)c1ccc2c(c1)OCO2. The molecule has 7 nitrogen and oxygen atoms in total. The number of amidine groups is 1. The third-order valence-electron chi connectivity index (χ3n) is 5.06. The second kappa shape index (κ2) is 7.33. The lowest BCUT2D eigenvalue weighted by molar-refractivity contribution is 0.100. The van der Waals surface area contributed by atoms with E-state index in [4.69, 9.17) is 32.7 Å². The zero-order valence-corrected chi connectivity index (χ0v) is 18.4. The van der Waals surface area contributed by atoms with E-state index in [9.17, 15) is 13.2 Å². The fourth-order valence-electron chi connectivity index (χ4n) is 3.73. The van der Waals surface area contributed by atoms with Crippen LogP contribution in [0.4, 0.5) is 5.69 Å². The van der Waals surface area contributed by atoms with Crippen molar-refractivity contribution in [2.75, 3.05) is 23.2 Å². The minimum absolute atomic E-state index is 0.0120. The number of hydrogen-bond donors (Lipinski definition) is 0. The molecule has 0 unspecified atom stereocenters. The Kier molecular flexibility index (Phi) is 4.89. The first kappa shape index (κ1) is 20.0. The van der Waals surface area contributed by atoms with Crippen LogP contribution in [0.2, 0.25) is 10.0 Å². The first-order valence-electron chi connectivity index (χ1n) is 8.95. The maximum absolute atomic E-state index is 12.9. The normalized spacial score (nSPS) is 25.0. The third-order valence-corrected chi connectivity index (χ3v) is 8.88. The van der Waals surface area contributed by atoms with Crippen LogP contribution < -0.4 is 14.4 Å². The van der Waals surface area contributed by atoms with E-state index in [1.54, 1.807) is 41.3 Å². The zero-order chi connectivity index (χ0) is 21.0. The summed E-state index contributed by atoms with van der Waals surface area (Å²) in [5.41, 5.74) is 0.789. The van der Waals surface area contributed by atoms with Gasteiger partial charge in [-0.15, -0.1) is 0 Å². The summed E-state index contributed by atoms with van der Waals surface area (Å²) >= 11 is 14.1. The molecule has 5 rings (SSSR count). The van der Waals surface area contributed by atoms with E-state index in [0.717, 1.165) is 0 Å². The number of carbonyl (C=O) groups is 1. The van der Waals surface area contributed by atoms with E-state index in [0.29, 0.717) is 38.0 Å². The molecule has 0 bridgehead atoms. The Morgan fingerprint density at radius 2 is 1.83 bits per heavy atom. The van der Waals surface area contributed by atoms with Crippen molar-refractivity contribution >= 4 is 61.6 Å². The van der Waals surface area contributed by atoms with Gasteiger partial charge >= 0.3 is 0 Å². The van der Waals surface area contributed by atoms with E-state index in [2.05, 4.69) is 4.99 Å². The molecule has 30 heavy (non-hydrogen) atoms. The minimum Gasteiger partial charge on any atom is -0.454 e. The van der Waals surface area contributed by atoms with Crippen molar-refractivity contribution in [3.63, 3.8) is 0 Å². The van der Waals surface area contributed by atoms with E-state index in [1.807, 2.05) is 0 Å². The molecule has 0 aromatic heterocycles. The number of anilines is 1. The van der Waals surface area contributed by atoms with Crippen LogP contribution in [0.5, 0.6) is 11.5 Å². The number of fused-ring (bicyclic) bond motifs is 2. The number of hydrogen-bond acceptors (Lipinski definition) is 6. The lowest BCUT2D eigenvalue weighted by Crippen LogP contribution is -2.38.